The summed E-state index contributed by atoms with van der Waals surface area (Å²) in [5.74, 6) is 2.33. The molecule has 0 bridgehead atoms. The van der Waals surface area contributed by atoms with Crippen LogP contribution in [-0.4, -0.2) is 24.1 Å². The lowest BCUT2D eigenvalue weighted by atomic mass is 10.2. The molecule has 2 heterocycles. The monoisotopic (exact) mass is 288 g/mol. The summed E-state index contributed by atoms with van der Waals surface area (Å²) in [7, 11) is 0. The van der Waals surface area contributed by atoms with Gasteiger partial charge in [-0.05, 0) is 25.1 Å². The average molecular weight is 288 g/mol. The zero-order valence-corrected chi connectivity index (χ0v) is 11.9. The molecule has 0 radical (unpaired) electrons. The van der Waals surface area contributed by atoms with E-state index >= 15 is 0 Å². The second-order valence-corrected chi connectivity index (χ2v) is 4.78. The van der Waals surface area contributed by atoms with Crippen molar-refractivity contribution in [3.05, 3.63) is 41.1 Å². The summed E-state index contributed by atoms with van der Waals surface area (Å²) >= 11 is 0. The van der Waals surface area contributed by atoms with E-state index in [0.717, 1.165) is 5.69 Å². The van der Waals surface area contributed by atoms with Crippen LogP contribution in [0.3, 0.4) is 0 Å². The number of carbonyl (C=O) groups is 1. The Labute approximate surface area is 122 Å². The summed E-state index contributed by atoms with van der Waals surface area (Å²) in [4.78, 5) is 16.3. The first kappa shape index (κ1) is 13.5. The van der Waals surface area contributed by atoms with Gasteiger partial charge in [-0.3, -0.25) is 4.79 Å². The van der Waals surface area contributed by atoms with Crippen LogP contribution in [0, 0.1) is 13.8 Å². The zero-order chi connectivity index (χ0) is 14.8. The van der Waals surface area contributed by atoms with Gasteiger partial charge in [0.05, 0.1) is 12.2 Å². The van der Waals surface area contributed by atoms with E-state index in [2.05, 4.69) is 10.3 Å². The highest BCUT2D eigenvalue weighted by molar-refractivity contribution is 5.94. The summed E-state index contributed by atoms with van der Waals surface area (Å²) in [6, 6.07) is 5.14. The van der Waals surface area contributed by atoms with Gasteiger partial charge in [0, 0.05) is 12.5 Å². The maximum atomic E-state index is 12.2. The van der Waals surface area contributed by atoms with E-state index in [-0.39, 0.29) is 5.91 Å². The number of aryl methyl sites for hydroxylation is 2. The third kappa shape index (κ3) is 2.84. The second-order valence-electron chi connectivity index (χ2n) is 4.78. The van der Waals surface area contributed by atoms with Crippen molar-refractivity contribution in [2.75, 3.05) is 13.2 Å². The largest absolute Gasteiger partial charge is 0.486 e. The third-order valence-electron chi connectivity index (χ3n) is 3.21. The summed E-state index contributed by atoms with van der Waals surface area (Å²) in [5.41, 5.74) is 1.31. The number of amides is 1. The fourth-order valence-corrected chi connectivity index (χ4v) is 2.18. The minimum atomic E-state index is -0.194. The first-order valence-electron chi connectivity index (χ1n) is 6.74. The third-order valence-corrected chi connectivity index (χ3v) is 3.21. The molecule has 1 amide bonds. The molecule has 0 unspecified atom stereocenters. The lowest BCUT2D eigenvalue weighted by molar-refractivity contribution is 0.0946. The standard InChI is InChI=1S/C15H16N2O4/c1-9-14(21-10(2)17-9)8-16-15(18)11-3-4-12-13(7-11)20-6-5-19-12/h3-4,7H,5-6,8H2,1-2H3,(H,16,18). The first-order chi connectivity index (χ1) is 10.1. The van der Waals surface area contributed by atoms with Crippen molar-refractivity contribution in [1.82, 2.24) is 10.3 Å². The van der Waals surface area contributed by atoms with Gasteiger partial charge in [-0.25, -0.2) is 4.98 Å². The molecule has 0 saturated carbocycles. The molecule has 3 rings (SSSR count). The van der Waals surface area contributed by atoms with Gasteiger partial charge in [-0.15, -0.1) is 0 Å². The van der Waals surface area contributed by atoms with E-state index in [4.69, 9.17) is 13.9 Å². The van der Waals surface area contributed by atoms with Crippen LogP contribution in [0.2, 0.25) is 0 Å². The van der Waals surface area contributed by atoms with Gasteiger partial charge >= 0.3 is 0 Å². The van der Waals surface area contributed by atoms with Crippen LogP contribution < -0.4 is 14.8 Å². The van der Waals surface area contributed by atoms with Gasteiger partial charge in [0.25, 0.3) is 5.91 Å². The molecule has 21 heavy (non-hydrogen) atoms. The molecule has 1 aromatic heterocycles. The fourth-order valence-electron chi connectivity index (χ4n) is 2.18. The smallest absolute Gasteiger partial charge is 0.251 e. The maximum Gasteiger partial charge on any atom is 0.251 e. The van der Waals surface area contributed by atoms with Crippen LogP contribution in [0.15, 0.2) is 22.6 Å². The predicted molar refractivity (Wildman–Crippen MR) is 74.6 cm³/mol. The van der Waals surface area contributed by atoms with Crippen molar-refractivity contribution in [2.45, 2.75) is 20.4 Å². The Kier molecular flexibility index (Phi) is 3.51. The van der Waals surface area contributed by atoms with Crippen molar-refractivity contribution in [3.63, 3.8) is 0 Å². The topological polar surface area (TPSA) is 73.6 Å². The molecule has 0 saturated heterocycles. The quantitative estimate of drug-likeness (QED) is 0.935. The Balaban J connectivity index is 1.69. The Hall–Kier alpha value is -2.50. The Morgan fingerprint density at radius 2 is 2.00 bits per heavy atom. The highest BCUT2D eigenvalue weighted by Gasteiger charge is 2.15. The van der Waals surface area contributed by atoms with E-state index < -0.39 is 0 Å². The van der Waals surface area contributed by atoms with E-state index in [0.29, 0.717) is 48.5 Å². The number of rotatable bonds is 3. The van der Waals surface area contributed by atoms with Crippen LogP contribution in [0.4, 0.5) is 0 Å². The normalized spacial score (nSPS) is 13.0. The van der Waals surface area contributed by atoms with Gasteiger partial charge < -0.3 is 19.2 Å². The van der Waals surface area contributed by atoms with Crippen molar-refractivity contribution < 1.29 is 18.7 Å². The Morgan fingerprint density at radius 3 is 2.71 bits per heavy atom. The van der Waals surface area contributed by atoms with Crippen molar-refractivity contribution in [1.29, 1.82) is 0 Å². The second kappa shape index (κ2) is 5.47. The molecular weight excluding hydrogens is 272 g/mol. The molecule has 2 aromatic rings. The number of ether oxygens (including phenoxy) is 2. The minimum Gasteiger partial charge on any atom is -0.486 e. The molecule has 1 aliphatic rings. The highest BCUT2D eigenvalue weighted by Crippen LogP contribution is 2.30. The highest BCUT2D eigenvalue weighted by atomic mass is 16.6. The number of benzene rings is 1. The Bertz CT molecular complexity index is 678. The van der Waals surface area contributed by atoms with Crippen molar-refractivity contribution >= 4 is 5.91 Å². The number of fused-ring (bicyclic) bond motifs is 1. The molecule has 110 valence electrons. The molecule has 0 spiro atoms. The molecule has 0 atom stereocenters. The summed E-state index contributed by atoms with van der Waals surface area (Å²) < 4.78 is 16.3. The van der Waals surface area contributed by atoms with Gasteiger partial charge in [-0.1, -0.05) is 0 Å². The first-order valence-corrected chi connectivity index (χ1v) is 6.74. The van der Waals surface area contributed by atoms with Gasteiger partial charge in [-0.2, -0.15) is 0 Å². The van der Waals surface area contributed by atoms with Crippen LogP contribution in [0.25, 0.3) is 0 Å². The van der Waals surface area contributed by atoms with Crippen molar-refractivity contribution in [2.24, 2.45) is 0 Å². The summed E-state index contributed by atoms with van der Waals surface area (Å²) in [6.45, 7) is 4.96. The van der Waals surface area contributed by atoms with E-state index in [9.17, 15) is 4.79 Å². The van der Waals surface area contributed by atoms with E-state index in [1.54, 1.807) is 25.1 Å². The predicted octanol–water partition coefficient (Wildman–Crippen LogP) is 1.99. The van der Waals surface area contributed by atoms with Crippen LogP contribution in [-0.2, 0) is 6.54 Å². The van der Waals surface area contributed by atoms with E-state index in [1.165, 1.54) is 0 Å². The number of hydrogen-bond acceptors (Lipinski definition) is 5. The van der Waals surface area contributed by atoms with Crippen molar-refractivity contribution in [3.8, 4) is 11.5 Å². The van der Waals surface area contributed by atoms with Crippen LogP contribution in [0.5, 0.6) is 11.5 Å². The molecule has 6 nitrogen and oxygen atoms in total. The number of oxazole rings is 1. The molecular formula is C15H16N2O4. The van der Waals surface area contributed by atoms with E-state index in [1.807, 2.05) is 6.92 Å². The minimum absolute atomic E-state index is 0.194. The summed E-state index contributed by atoms with van der Waals surface area (Å²) in [6.07, 6.45) is 0. The van der Waals surface area contributed by atoms with Gasteiger partial charge in [0.2, 0.25) is 0 Å². The fraction of sp³-hybridized carbons (Fsp3) is 0.333. The SMILES string of the molecule is Cc1nc(C)c(CNC(=O)c2ccc3c(c2)OCCO3)o1. The van der Waals surface area contributed by atoms with Gasteiger partial charge in [0.1, 0.15) is 19.0 Å². The van der Waals surface area contributed by atoms with Crippen LogP contribution in [0.1, 0.15) is 27.7 Å². The number of nitrogens with zero attached hydrogens (tertiary/aromatic N) is 1. The molecule has 0 aliphatic carbocycles. The molecule has 1 aliphatic heterocycles. The van der Waals surface area contributed by atoms with Crippen LogP contribution >= 0.6 is 0 Å². The molecule has 1 N–H and O–H groups in total. The lowest BCUT2D eigenvalue weighted by Gasteiger charge is -2.18. The summed E-state index contributed by atoms with van der Waals surface area (Å²) in [5, 5.41) is 2.81. The maximum absolute atomic E-state index is 12.2. The molecule has 6 heteroatoms. The number of carbonyl (C=O) groups excluding carboxylic acids is 1. The average Bonchev–Trinajstić information content (AvgIpc) is 2.82. The Morgan fingerprint density at radius 1 is 1.24 bits per heavy atom. The number of nitrogens with one attached hydrogen (secondary N) is 1. The molecule has 1 aromatic carbocycles. The molecule has 0 fully saturated rings. The number of hydrogen-bond donors (Lipinski definition) is 1. The van der Waals surface area contributed by atoms with Gasteiger partial charge in [0.15, 0.2) is 17.4 Å². The number of aromatic nitrogens is 1. The lowest BCUT2D eigenvalue weighted by Crippen LogP contribution is -2.23. The zero-order valence-electron chi connectivity index (χ0n) is 11.9.